The topological polar surface area (TPSA) is 65.7 Å². The lowest BCUT2D eigenvalue weighted by Gasteiger charge is -2.17. The van der Waals surface area contributed by atoms with Crippen LogP contribution in [0, 0.1) is 0 Å². The van der Waals surface area contributed by atoms with Crippen LogP contribution >= 0.6 is 27.5 Å². The first-order valence-electron chi connectivity index (χ1n) is 10.6. The van der Waals surface area contributed by atoms with Crippen LogP contribution in [0.25, 0.3) is 10.9 Å². The Morgan fingerprint density at radius 2 is 1.97 bits per heavy atom. The lowest BCUT2D eigenvalue weighted by atomic mass is 10.1. The number of aromatic nitrogens is 2. The van der Waals surface area contributed by atoms with Crippen molar-refractivity contribution in [2.75, 3.05) is 6.61 Å². The van der Waals surface area contributed by atoms with Gasteiger partial charge in [-0.1, -0.05) is 41.4 Å². The number of nitrogens with zero attached hydrogens (tertiary/aromatic N) is 3. The molecule has 3 rings (SSSR count). The fraction of sp³-hybridized carbons (Fsp3) is 0.375. The molecule has 0 unspecified atom stereocenters. The highest BCUT2D eigenvalue weighted by Crippen LogP contribution is 2.37. The van der Waals surface area contributed by atoms with Gasteiger partial charge in [0.15, 0.2) is 11.5 Å². The summed E-state index contributed by atoms with van der Waals surface area (Å²) in [5.74, 6) is 1.69. The number of fused-ring (bicyclic) bond motifs is 1. The summed E-state index contributed by atoms with van der Waals surface area (Å²) in [6, 6.07) is 9.02. The van der Waals surface area contributed by atoms with Crippen molar-refractivity contribution in [3.8, 4) is 11.5 Å². The number of ether oxygens (including phenoxy) is 2. The first-order valence-corrected chi connectivity index (χ1v) is 11.8. The van der Waals surface area contributed by atoms with Crippen molar-refractivity contribution in [3.63, 3.8) is 0 Å². The third kappa shape index (κ3) is 5.33. The molecule has 170 valence electrons. The molecule has 0 fully saturated rings. The Morgan fingerprint density at radius 1 is 1.22 bits per heavy atom. The van der Waals surface area contributed by atoms with Crippen molar-refractivity contribution in [1.82, 2.24) is 9.66 Å². The Balaban J connectivity index is 2.13. The molecule has 0 saturated carbocycles. The zero-order chi connectivity index (χ0) is 23.4. The predicted molar refractivity (Wildman–Crippen MR) is 134 cm³/mol. The third-order valence-corrected chi connectivity index (χ3v) is 5.67. The minimum atomic E-state index is -0.223. The van der Waals surface area contributed by atoms with Gasteiger partial charge in [-0.05, 0) is 63.1 Å². The molecule has 0 N–H and O–H groups in total. The molecule has 1 heterocycles. The van der Waals surface area contributed by atoms with Crippen LogP contribution < -0.4 is 15.0 Å². The smallest absolute Gasteiger partial charge is 0.282 e. The number of hydrogen-bond donors (Lipinski definition) is 0. The van der Waals surface area contributed by atoms with Crippen LogP contribution in [0.2, 0.25) is 5.02 Å². The van der Waals surface area contributed by atoms with Crippen molar-refractivity contribution in [2.24, 2.45) is 5.10 Å². The highest BCUT2D eigenvalue weighted by molar-refractivity contribution is 9.10. The van der Waals surface area contributed by atoms with Gasteiger partial charge in [-0.25, -0.2) is 4.98 Å². The first kappa shape index (κ1) is 24.3. The van der Waals surface area contributed by atoms with E-state index in [0.29, 0.717) is 45.4 Å². The van der Waals surface area contributed by atoms with E-state index in [1.807, 2.05) is 39.8 Å². The number of rotatable bonds is 8. The van der Waals surface area contributed by atoms with Gasteiger partial charge in [0, 0.05) is 10.4 Å². The van der Waals surface area contributed by atoms with E-state index >= 15 is 0 Å². The van der Waals surface area contributed by atoms with Gasteiger partial charge in [-0.15, -0.1) is 0 Å². The maximum Gasteiger partial charge on any atom is 0.282 e. The molecule has 6 nitrogen and oxygen atoms in total. The Bertz CT molecular complexity index is 1210. The van der Waals surface area contributed by atoms with E-state index < -0.39 is 0 Å². The van der Waals surface area contributed by atoms with Gasteiger partial charge in [0.2, 0.25) is 0 Å². The second kappa shape index (κ2) is 10.5. The quantitative estimate of drug-likeness (QED) is 0.323. The molecule has 0 amide bonds. The van der Waals surface area contributed by atoms with E-state index in [4.69, 9.17) is 26.1 Å². The Labute approximate surface area is 201 Å². The van der Waals surface area contributed by atoms with Gasteiger partial charge >= 0.3 is 0 Å². The highest BCUT2D eigenvalue weighted by atomic mass is 79.9. The molecular weight excluding hydrogens is 494 g/mol. The maximum atomic E-state index is 13.3. The van der Waals surface area contributed by atoms with Crippen molar-refractivity contribution in [1.29, 1.82) is 0 Å². The molecule has 3 aromatic rings. The summed E-state index contributed by atoms with van der Waals surface area (Å²) < 4.78 is 13.7. The normalized spacial score (nSPS) is 12.6. The van der Waals surface area contributed by atoms with E-state index in [1.165, 1.54) is 4.68 Å². The second-order valence-electron chi connectivity index (χ2n) is 7.73. The fourth-order valence-electron chi connectivity index (χ4n) is 3.18. The molecule has 0 aliphatic rings. The third-order valence-electron chi connectivity index (χ3n) is 4.89. The van der Waals surface area contributed by atoms with Crippen LogP contribution in [-0.4, -0.2) is 28.6 Å². The molecule has 2 aromatic carbocycles. The number of benzene rings is 2. The standard InChI is InChI=1S/C24H27BrClN3O3/c1-6-15(5)23-28-20-9-8-17(25)12-18(20)24(30)29(23)27-13-16-10-19(26)22(32-14(3)4)21(11-16)31-7-2/h8-15H,6-7H2,1-5H3/t15-/m0/s1. The monoisotopic (exact) mass is 519 g/mol. The SMILES string of the molecule is CCOc1cc(C=Nn2c([C@@H](C)CC)nc3ccc(Br)cc3c2=O)cc(Cl)c1OC(C)C. The summed E-state index contributed by atoms with van der Waals surface area (Å²) in [6.45, 7) is 10.3. The molecule has 32 heavy (non-hydrogen) atoms. The van der Waals surface area contributed by atoms with Gasteiger partial charge in [0.05, 0.1) is 34.9 Å². The molecule has 0 bridgehead atoms. The van der Waals surface area contributed by atoms with Crippen LogP contribution in [0.3, 0.4) is 0 Å². The van der Waals surface area contributed by atoms with E-state index in [2.05, 4.69) is 28.0 Å². The minimum Gasteiger partial charge on any atom is -0.490 e. The Morgan fingerprint density at radius 3 is 2.62 bits per heavy atom. The summed E-state index contributed by atoms with van der Waals surface area (Å²) in [6.07, 6.45) is 2.36. The van der Waals surface area contributed by atoms with Gasteiger partial charge < -0.3 is 9.47 Å². The van der Waals surface area contributed by atoms with E-state index in [1.54, 1.807) is 24.4 Å². The largest absolute Gasteiger partial charge is 0.490 e. The second-order valence-corrected chi connectivity index (χ2v) is 9.05. The number of halogens is 2. The maximum absolute atomic E-state index is 13.3. The molecule has 0 aliphatic carbocycles. The molecule has 1 atom stereocenters. The van der Waals surface area contributed by atoms with Gasteiger partial charge in [0.25, 0.3) is 5.56 Å². The molecule has 8 heteroatoms. The van der Waals surface area contributed by atoms with Crippen molar-refractivity contribution >= 4 is 44.6 Å². The highest BCUT2D eigenvalue weighted by Gasteiger charge is 2.17. The van der Waals surface area contributed by atoms with Crippen LogP contribution in [-0.2, 0) is 0 Å². The van der Waals surface area contributed by atoms with Crippen LogP contribution in [0.5, 0.6) is 11.5 Å². The fourth-order valence-corrected chi connectivity index (χ4v) is 3.80. The summed E-state index contributed by atoms with van der Waals surface area (Å²) >= 11 is 9.90. The predicted octanol–water partition coefficient (Wildman–Crippen LogP) is 6.39. The van der Waals surface area contributed by atoms with Gasteiger partial charge in [0.1, 0.15) is 5.82 Å². The number of hydrogen-bond acceptors (Lipinski definition) is 5. The van der Waals surface area contributed by atoms with Crippen LogP contribution in [0.1, 0.15) is 58.3 Å². The molecule has 0 aliphatic heterocycles. The van der Waals surface area contributed by atoms with E-state index in [-0.39, 0.29) is 17.6 Å². The Hall–Kier alpha value is -2.38. The zero-order valence-electron chi connectivity index (χ0n) is 18.9. The van der Waals surface area contributed by atoms with E-state index in [0.717, 1.165) is 10.9 Å². The van der Waals surface area contributed by atoms with Crippen molar-refractivity contribution in [3.05, 3.63) is 61.6 Å². The van der Waals surface area contributed by atoms with Crippen LogP contribution in [0.15, 0.2) is 44.7 Å². The van der Waals surface area contributed by atoms with Crippen molar-refractivity contribution in [2.45, 2.75) is 53.1 Å². The average Bonchev–Trinajstić information content (AvgIpc) is 2.75. The summed E-state index contributed by atoms with van der Waals surface area (Å²) in [4.78, 5) is 18.0. The minimum absolute atomic E-state index is 0.0501. The molecule has 0 radical (unpaired) electrons. The average molecular weight is 521 g/mol. The lowest BCUT2D eigenvalue weighted by molar-refractivity contribution is 0.224. The summed E-state index contributed by atoms with van der Waals surface area (Å²) in [5, 5.41) is 5.42. The Kier molecular flexibility index (Phi) is 7.96. The first-order chi connectivity index (χ1) is 15.2. The summed E-state index contributed by atoms with van der Waals surface area (Å²) in [5.41, 5.74) is 1.11. The zero-order valence-corrected chi connectivity index (χ0v) is 21.2. The lowest BCUT2D eigenvalue weighted by Crippen LogP contribution is -2.23. The van der Waals surface area contributed by atoms with Crippen LogP contribution in [0.4, 0.5) is 0 Å². The van der Waals surface area contributed by atoms with Crippen molar-refractivity contribution < 1.29 is 9.47 Å². The summed E-state index contributed by atoms with van der Waals surface area (Å²) in [7, 11) is 0. The molecular formula is C24H27BrClN3O3. The molecule has 1 aromatic heterocycles. The van der Waals surface area contributed by atoms with Gasteiger partial charge in [-0.3, -0.25) is 4.79 Å². The molecule has 0 saturated heterocycles. The van der Waals surface area contributed by atoms with Gasteiger partial charge in [-0.2, -0.15) is 9.78 Å². The molecule has 0 spiro atoms. The van der Waals surface area contributed by atoms with E-state index in [9.17, 15) is 4.79 Å².